The van der Waals surface area contributed by atoms with E-state index in [-0.39, 0.29) is 6.04 Å². The average molecular weight is 219 g/mol. The molecule has 0 aliphatic rings. The van der Waals surface area contributed by atoms with Gasteiger partial charge in [-0.15, -0.1) is 0 Å². The van der Waals surface area contributed by atoms with Crippen molar-refractivity contribution in [3.63, 3.8) is 0 Å². The largest absolute Gasteiger partial charge is 0.299 e. The summed E-state index contributed by atoms with van der Waals surface area (Å²) in [6.07, 6.45) is 1.73. The van der Waals surface area contributed by atoms with Gasteiger partial charge in [-0.05, 0) is 31.6 Å². The number of nitrogens with one attached hydrogen (secondary N) is 1. The average Bonchev–Trinajstić information content (AvgIpc) is 2.65. The van der Waals surface area contributed by atoms with E-state index < -0.39 is 0 Å². The summed E-state index contributed by atoms with van der Waals surface area (Å²) < 4.78 is 2.60. The number of hydrogen-bond acceptors (Lipinski definition) is 2. The molecule has 0 bridgehead atoms. The van der Waals surface area contributed by atoms with Crippen LogP contribution in [0.15, 0.2) is 30.6 Å². The molecule has 0 radical (unpaired) electrons. The highest BCUT2D eigenvalue weighted by Crippen LogP contribution is 2.17. The van der Waals surface area contributed by atoms with Crippen LogP contribution in [0.4, 0.5) is 0 Å². The van der Waals surface area contributed by atoms with Crippen LogP contribution in [0.25, 0.3) is 0 Å². The molecule has 1 N–H and O–H groups in total. The Balaban J connectivity index is 2.36. The summed E-state index contributed by atoms with van der Waals surface area (Å²) in [5.41, 5.74) is 2.50. The van der Waals surface area contributed by atoms with Crippen molar-refractivity contribution in [2.24, 2.45) is 0 Å². The van der Waals surface area contributed by atoms with Gasteiger partial charge in [0.15, 0.2) is 4.77 Å². The Morgan fingerprint density at radius 1 is 1.33 bits per heavy atom. The van der Waals surface area contributed by atoms with E-state index in [4.69, 9.17) is 12.2 Å². The van der Waals surface area contributed by atoms with E-state index in [0.717, 1.165) is 0 Å². The van der Waals surface area contributed by atoms with Crippen LogP contribution in [-0.4, -0.2) is 14.8 Å². The Labute approximate surface area is 93.8 Å². The third-order valence-corrected chi connectivity index (χ3v) is 2.86. The topological polar surface area (TPSA) is 33.6 Å². The number of rotatable bonds is 2. The molecule has 2 rings (SSSR count). The van der Waals surface area contributed by atoms with Crippen LogP contribution in [-0.2, 0) is 0 Å². The maximum absolute atomic E-state index is 5.13. The lowest BCUT2D eigenvalue weighted by Crippen LogP contribution is -2.05. The fraction of sp³-hybridized carbons (Fsp3) is 0.273. The Morgan fingerprint density at radius 3 is 2.53 bits per heavy atom. The summed E-state index contributed by atoms with van der Waals surface area (Å²) in [6, 6.07) is 8.67. The number of aromatic amines is 1. The first-order valence-corrected chi connectivity index (χ1v) is 5.27. The highest BCUT2D eigenvalue weighted by Gasteiger charge is 2.07. The van der Waals surface area contributed by atoms with Gasteiger partial charge in [0.2, 0.25) is 0 Å². The zero-order chi connectivity index (χ0) is 10.8. The summed E-state index contributed by atoms with van der Waals surface area (Å²) >= 11 is 5.13. The Hall–Kier alpha value is -1.42. The number of aryl methyl sites for hydroxylation is 1. The number of nitrogens with zero attached hydrogens (tertiary/aromatic N) is 2. The van der Waals surface area contributed by atoms with Gasteiger partial charge < -0.3 is 0 Å². The monoisotopic (exact) mass is 219 g/mol. The van der Waals surface area contributed by atoms with Gasteiger partial charge in [0.25, 0.3) is 0 Å². The predicted molar refractivity (Wildman–Crippen MR) is 62.4 cm³/mol. The summed E-state index contributed by atoms with van der Waals surface area (Å²) in [5.74, 6) is 0. The second kappa shape index (κ2) is 3.98. The molecule has 0 spiro atoms. The molecule has 0 aliphatic heterocycles. The predicted octanol–water partition coefficient (Wildman–Crippen LogP) is 2.86. The smallest absolute Gasteiger partial charge is 0.195 e. The molecule has 1 aromatic carbocycles. The van der Waals surface area contributed by atoms with Crippen molar-refractivity contribution in [2.45, 2.75) is 19.9 Å². The summed E-state index contributed by atoms with van der Waals surface area (Å²) in [6.45, 7) is 4.19. The van der Waals surface area contributed by atoms with Gasteiger partial charge >= 0.3 is 0 Å². The highest BCUT2D eigenvalue weighted by molar-refractivity contribution is 7.71. The van der Waals surface area contributed by atoms with Gasteiger partial charge in [0, 0.05) is 0 Å². The second-order valence-electron chi connectivity index (χ2n) is 3.66. The van der Waals surface area contributed by atoms with Crippen molar-refractivity contribution >= 4 is 12.2 Å². The minimum atomic E-state index is 0.219. The lowest BCUT2D eigenvalue weighted by Gasteiger charge is -2.12. The normalized spacial score (nSPS) is 12.7. The molecule has 15 heavy (non-hydrogen) atoms. The van der Waals surface area contributed by atoms with E-state index in [1.54, 1.807) is 6.33 Å². The van der Waals surface area contributed by atoms with Crippen LogP contribution in [0.1, 0.15) is 24.1 Å². The molecule has 0 amide bonds. The lowest BCUT2D eigenvalue weighted by molar-refractivity contribution is 0.628. The maximum Gasteiger partial charge on any atom is 0.195 e. The van der Waals surface area contributed by atoms with E-state index in [0.29, 0.717) is 4.77 Å². The van der Waals surface area contributed by atoms with Crippen molar-refractivity contribution in [3.8, 4) is 0 Å². The van der Waals surface area contributed by atoms with Crippen molar-refractivity contribution in [2.75, 3.05) is 0 Å². The molecule has 1 unspecified atom stereocenters. The SMILES string of the molecule is Cc1ccc(C(C)n2cn[nH]c2=S)cc1. The number of hydrogen-bond donors (Lipinski definition) is 1. The Kier molecular flexibility index (Phi) is 2.68. The van der Waals surface area contributed by atoms with Crippen LogP contribution in [0.3, 0.4) is 0 Å². The van der Waals surface area contributed by atoms with E-state index >= 15 is 0 Å². The first-order valence-electron chi connectivity index (χ1n) is 4.86. The first-order chi connectivity index (χ1) is 7.18. The molecular weight excluding hydrogens is 206 g/mol. The van der Waals surface area contributed by atoms with Crippen LogP contribution in [0.2, 0.25) is 0 Å². The molecule has 2 aromatic rings. The second-order valence-corrected chi connectivity index (χ2v) is 4.04. The highest BCUT2D eigenvalue weighted by atomic mass is 32.1. The van der Waals surface area contributed by atoms with Crippen molar-refractivity contribution in [1.82, 2.24) is 14.8 Å². The fourth-order valence-corrected chi connectivity index (χ4v) is 1.80. The molecule has 3 nitrogen and oxygen atoms in total. The standard InChI is InChI=1S/C11H13N3S/c1-8-3-5-10(6-4-8)9(2)14-7-12-13-11(14)15/h3-7,9H,1-2H3,(H,13,15). The van der Waals surface area contributed by atoms with Crippen molar-refractivity contribution < 1.29 is 0 Å². The molecule has 0 aliphatic carbocycles. The van der Waals surface area contributed by atoms with Gasteiger partial charge in [0.05, 0.1) is 6.04 Å². The van der Waals surface area contributed by atoms with Crippen LogP contribution in [0.5, 0.6) is 0 Å². The van der Waals surface area contributed by atoms with Crippen molar-refractivity contribution in [3.05, 3.63) is 46.5 Å². The number of benzene rings is 1. The van der Waals surface area contributed by atoms with Gasteiger partial charge in [-0.25, -0.2) is 0 Å². The van der Waals surface area contributed by atoms with Gasteiger partial charge in [-0.3, -0.25) is 9.67 Å². The molecule has 0 saturated carbocycles. The number of H-pyrrole nitrogens is 1. The van der Waals surface area contributed by atoms with Gasteiger partial charge in [0.1, 0.15) is 6.33 Å². The molecule has 0 fully saturated rings. The summed E-state index contributed by atoms with van der Waals surface area (Å²) in [5, 5.41) is 6.68. The van der Waals surface area contributed by atoms with Gasteiger partial charge in [-0.2, -0.15) is 5.10 Å². The Bertz CT molecular complexity index is 495. The molecule has 4 heteroatoms. The zero-order valence-corrected chi connectivity index (χ0v) is 9.58. The quantitative estimate of drug-likeness (QED) is 0.788. The minimum absolute atomic E-state index is 0.219. The molecular formula is C11H13N3S. The number of aromatic nitrogens is 3. The van der Waals surface area contributed by atoms with Crippen molar-refractivity contribution in [1.29, 1.82) is 0 Å². The fourth-order valence-electron chi connectivity index (χ4n) is 1.54. The van der Waals surface area contributed by atoms with E-state index in [1.165, 1.54) is 11.1 Å². The molecule has 0 saturated heterocycles. The van der Waals surface area contributed by atoms with Gasteiger partial charge in [-0.1, -0.05) is 29.8 Å². The third-order valence-electron chi connectivity index (χ3n) is 2.55. The maximum atomic E-state index is 5.13. The zero-order valence-electron chi connectivity index (χ0n) is 8.77. The molecule has 78 valence electrons. The lowest BCUT2D eigenvalue weighted by atomic mass is 10.1. The molecule has 1 aromatic heterocycles. The summed E-state index contributed by atoms with van der Waals surface area (Å²) in [4.78, 5) is 0. The van der Waals surface area contributed by atoms with Crippen LogP contribution in [0, 0.1) is 11.7 Å². The van der Waals surface area contributed by atoms with E-state index in [9.17, 15) is 0 Å². The van der Waals surface area contributed by atoms with E-state index in [1.807, 2.05) is 4.57 Å². The van der Waals surface area contributed by atoms with E-state index in [2.05, 4.69) is 48.3 Å². The van der Waals surface area contributed by atoms with Crippen LogP contribution < -0.4 is 0 Å². The summed E-state index contributed by atoms with van der Waals surface area (Å²) in [7, 11) is 0. The third kappa shape index (κ3) is 1.99. The Morgan fingerprint density at radius 2 is 2.00 bits per heavy atom. The molecule has 1 heterocycles. The minimum Gasteiger partial charge on any atom is -0.299 e. The first kappa shape index (κ1) is 10.1. The molecule has 1 atom stereocenters. The van der Waals surface area contributed by atoms with Crippen LogP contribution >= 0.6 is 12.2 Å².